The van der Waals surface area contributed by atoms with Crippen LogP contribution in [-0.2, 0) is 0 Å². The number of hydrogen-bond acceptors (Lipinski definition) is 4. The monoisotopic (exact) mass is 176 g/mol. The van der Waals surface area contributed by atoms with Crippen LogP contribution in [-0.4, -0.2) is 42.6 Å². The minimum atomic E-state index is -0.450. The standard InChI is InChI=1S/C8H20N2O2/c1-7(6-11)2-3-10-5-8(12)4-9/h7-8,10-12H,2-6,9H2,1H3. The second kappa shape index (κ2) is 7.49. The smallest absolute Gasteiger partial charge is 0.0786 e. The summed E-state index contributed by atoms with van der Waals surface area (Å²) < 4.78 is 0. The van der Waals surface area contributed by atoms with E-state index in [1.165, 1.54) is 0 Å². The van der Waals surface area contributed by atoms with Crippen LogP contribution in [0.2, 0.25) is 0 Å². The van der Waals surface area contributed by atoms with Crippen molar-refractivity contribution in [2.45, 2.75) is 19.4 Å². The lowest BCUT2D eigenvalue weighted by molar-refractivity contribution is 0.177. The molecule has 2 atom stereocenters. The maximum absolute atomic E-state index is 9.04. The average molecular weight is 176 g/mol. The summed E-state index contributed by atoms with van der Waals surface area (Å²) in [6.07, 6.45) is 0.475. The first-order chi connectivity index (χ1) is 5.70. The van der Waals surface area contributed by atoms with Crippen molar-refractivity contribution in [3.05, 3.63) is 0 Å². The number of aliphatic hydroxyl groups excluding tert-OH is 2. The second-order valence-electron chi connectivity index (χ2n) is 3.17. The van der Waals surface area contributed by atoms with Gasteiger partial charge in [-0.25, -0.2) is 0 Å². The van der Waals surface area contributed by atoms with Gasteiger partial charge >= 0.3 is 0 Å². The second-order valence-corrected chi connectivity index (χ2v) is 3.17. The van der Waals surface area contributed by atoms with Gasteiger partial charge < -0.3 is 21.3 Å². The molecule has 0 fully saturated rings. The Bertz CT molecular complexity index is 89.1. The molecule has 74 valence electrons. The fourth-order valence-corrected chi connectivity index (χ4v) is 0.792. The highest BCUT2D eigenvalue weighted by Crippen LogP contribution is 1.97. The van der Waals surface area contributed by atoms with Crippen molar-refractivity contribution in [1.29, 1.82) is 0 Å². The Morgan fingerprint density at radius 3 is 2.67 bits per heavy atom. The zero-order chi connectivity index (χ0) is 9.40. The van der Waals surface area contributed by atoms with Gasteiger partial charge in [0.2, 0.25) is 0 Å². The van der Waals surface area contributed by atoms with Crippen LogP contribution >= 0.6 is 0 Å². The van der Waals surface area contributed by atoms with E-state index in [4.69, 9.17) is 15.9 Å². The lowest BCUT2D eigenvalue weighted by Crippen LogP contribution is -2.33. The summed E-state index contributed by atoms with van der Waals surface area (Å²) in [6, 6.07) is 0. The van der Waals surface area contributed by atoms with E-state index in [1.807, 2.05) is 6.92 Å². The van der Waals surface area contributed by atoms with Crippen molar-refractivity contribution < 1.29 is 10.2 Å². The minimum absolute atomic E-state index is 0.223. The number of rotatable bonds is 7. The van der Waals surface area contributed by atoms with Crippen molar-refractivity contribution >= 4 is 0 Å². The maximum Gasteiger partial charge on any atom is 0.0786 e. The summed E-state index contributed by atoms with van der Waals surface area (Å²) in [5.41, 5.74) is 5.21. The summed E-state index contributed by atoms with van der Waals surface area (Å²) in [6.45, 7) is 3.86. The van der Waals surface area contributed by atoms with Crippen LogP contribution in [0.1, 0.15) is 13.3 Å². The van der Waals surface area contributed by atoms with Crippen molar-refractivity contribution in [2.75, 3.05) is 26.2 Å². The molecule has 12 heavy (non-hydrogen) atoms. The largest absolute Gasteiger partial charge is 0.396 e. The van der Waals surface area contributed by atoms with Crippen molar-refractivity contribution in [2.24, 2.45) is 11.7 Å². The lowest BCUT2D eigenvalue weighted by Gasteiger charge is -2.11. The topological polar surface area (TPSA) is 78.5 Å². The van der Waals surface area contributed by atoms with Crippen LogP contribution < -0.4 is 11.1 Å². The minimum Gasteiger partial charge on any atom is -0.396 e. The van der Waals surface area contributed by atoms with Gasteiger partial charge in [0.15, 0.2) is 0 Å². The lowest BCUT2D eigenvalue weighted by atomic mass is 10.1. The summed E-state index contributed by atoms with van der Waals surface area (Å²) in [7, 11) is 0. The van der Waals surface area contributed by atoms with E-state index >= 15 is 0 Å². The van der Waals surface area contributed by atoms with Crippen molar-refractivity contribution in [1.82, 2.24) is 5.32 Å². The van der Waals surface area contributed by atoms with E-state index < -0.39 is 6.10 Å². The molecule has 0 aliphatic heterocycles. The predicted molar refractivity (Wildman–Crippen MR) is 48.8 cm³/mol. The Labute approximate surface area is 73.8 Å². The Morgan fingerprint density at radius 1 is 1.50 bits per heavy atom. The Balaban J connectivity index is 3.10. The van der Waals surface area contributed by atoms with Gasteiger partial charge in [-0.1, -0.05) is 6.92 Å². The molecule has 0 radical (unpaired) electrons. The zero-order valence-electron chi connectivity index (χ0n) is 7.66. The summed E-state index contributed by atoms with van der Waals surface area (Å²) in [4.78, 5) is 0. The molecule has 4 heteroatoms. The van der Waals surface area contributed by atoms with Gasteiger partial charge in [0.25, 0.3) is 0 Å². The maximum atomic E-state index is 9.04. The summed E-state index contributed by atoms with van der Waals surface area (Å²) in [5, 5.41) is 20.8. The molecule has 2 unspecified atom stereocenters. The van der Waals surface area contributed by atoms with Crippen molar-refractivity contribution in [3.63, 3.8) is 0 Å². The number of aliphatic hydroxyl groups is 2. The third-order valence-electron chi connectivity index (χ3n) is 1.78. The Morgan fingerprint density at radius 2 is 2.17 bits per heavy atom. The first-order valence-electron chi connectivity index (χ1n) is 4.40. The molecular formula is C8H20N2O2. The van der Waals surface area contributed by atoms with Gasteiger partial charge in [-0.05, 0) is 18.9 Å². The molecule has 0 spiro atoms. The number of nitrogens with two attached hydrogens (primary N) is 1. The SMILES string of the molecule is CC(CO)CCNCC(O)CN. The van der Waals surface area contributed by atoms with E-state index in [0.717, 1.165) is 13.0 Å². The molecule has 0 aromatic carbocycles. The normalized spacial score (nSPS) is 16.0. The van der Waals surface area contributed by atoms with E-state index in [-0.39, 0.29) is 6.61 Å². The highest BCUT2D eigenvalue weighted by Gasteiger charge is 2.01. The average Bonchev–Trinajstić information content (AvgIpc) is 2.11. The van der Waals surface area contributed by atoms with E-state index in [1.54, 1.807) is 0 Å². The highest BCUT2D eigenvalue weighted by molar-refractivity contribution is 4.60. The molecule has 0 amide bonds. The van der Waals surface area contributed by atoms with Crippen LogP contribution in [0.15, 0.2) is 0 Å². The molecule has 0 rings (SSSR count). The molecule has 0 aliphatic carbocycles. The van der Waals surface area contributed by atoms with Gasteiger partial charge in [0.05, 0.1) is 6.10 Å². The molecule has 0 heterocycles. The molecule has 0 bridgehead atoms. The molecule has 0 saturated heterocycles. The van der Waals surface area contributed by atoms with Crippen LogP contribution in [0.4, 0.5) is 0 Å². The fourth-order valence-electron chi connectivity index (χ4n) is 0.792. The molecule has 0 aromatic rings. The van der Waals surface area contributed by atoms with Gasteiger partial charge in [-0.2, -0.15) is 0 Å². The number of hydrogen-bond donors (Lipinski definition) is 4. The molecule has 4 nitrogen and oxygen atoms in total. The van der Waals surface area contributed by atoms with Crippen LogP contribution in [0.5, 0.6) is 0 Å². The first kappa shape index (κ1) is 11.8. The van der Waals surface area contributed by atoms with Crippen LogP contribution in [0.25, 0.3) is 0 Å². The quantitative estimate of drug-likeness (QED) is 0.372. The molecular weight excluding hydrogens is 156 g/mol. The third kappa shape index (κ3) is 6.54. The van der Waals surface area contributed by atoms with Crippen LogP contribution in [0, 0.1) is 5.92 Å². The van der Waals surface area contributed by atoms with E-state index in [2.05, 4.69) is 5.32 Å². The summed E-state index contributed by atoms with van der Waals surface area (Å²) >= 11 is 0. The Kier molecular flexibility index (Phi) is 7.39. The van der Waals surface area contributed by atoms with Gasteiger partial charge in [-0.15, -0.1) is 0 Å². The van der Waals surface area contributed by atoms with E-state index in [0.29, 0.717) is 19.0 Å². The van der Waals surface area contributed by atoms with Gasteiger partial charge in [-0.3, -0.25) is 0 Å². The van der Waals surface area contributed by atoms with Gasteiger partial charge in [0, 0.05) is 19.7 Å². The van der Waals surface area contributed by atoms with Crippen molar-refractivity contribution in [3.8, 4) is 0 Å². The Hall–Kier alpha value is -0.160. The van der Waals surface area contributed by atoms with E-state index in [9.17, 15) is 0 Å². The highest BCUT2D eigenvalue weighted by atomic mass is 16.3. The van der Waals surface area contributed by atoms with Gasteiger partial charge in [0.1, 0.15) is 0 Å². The molecule has 0 aromatic heterocycles. The molecule has 0 aliphatic rings. The predicted octanol–water partition coefficient (Wildman–Crippen LogP) is -1.09. The number of nitrogens with one attached hydrogen (secondary N) is 1. The molecule has 5 N–H and O–H groups in total. The fraction of sp³-hybridized carbons (Fsp3) is 1.00. The molecule has 0 saturated carbocycles. The zero-order valence-corrected chi connectivity index (χ0v) is 7.66. The third-order valence-corrected chi connectivity index (χ3v) is 1.78. The first-order valence-corrected chi connectivity index (χ1v) is 4.40. The van der Waals surface area contributed by atoms with Crippen LogP contribution in [0.3, 0.4) is 0 Å². The summed E-state index contributed by atoms with van der Waals surface area (Å²) in [5.74, 6) is 0.326.